The van der Waals surface area contributed by atoms with Gasteiger partial charge in [-0.15, -0.1) is 0 Å². The lowest BCUT2D eigenvalue weighted by Gasteiger charge is -2.31. The highest BCUT2D eigenvalue weighted by Gasteiger charge is 2.43. The van der Waals surface area contributed by atoms with Gasteiger partial charge in [0.2, 0.25) is 5.91 Å². The van der Waals surface area contributed by atoms with E-state index in [1.54, 1.807) is 25.5 Å². The lowest BCUT2D eigenvalue weighted by atomic mass is 9.85. The van der Waals surface area contributed by atoms with Crippen molar-refractivity contribution in [3.05, 3.63) is 76.8 Å². The molecule has 8 heteroatoms. The lowest BCUT2D eigenvalue weighted by molar-refractivity contribution is -0.132. The van der Waals surface area contributed by atoms with Gasteiger partial charge in [-0.25, -0.2) is 4.79 Å². The zero-order valence-electron chi connectivity index (χ0n) is 19.4. The molecule has 0 radical (unpaired) electrons. The minimum atomic E-state index is -0.548. The van der Waals surface area contributed by atoms with Gasteiger partial charge in [-0.05, 0) is 28.2 Å². The van der Waals surface area contributed by atoms with Crippen LogP contribution in [0.25, 0.3) is 0 Å². The smallest absolute Gasteiger partial charge is 0.322 e. The molecule has 172 valence electrons. The standard InChI is InChI=1S/C25H29N5O3/c1-25(2,3)18-9-7-17(8-10-18)22-21-19(29(4)24(33)28-22)14-30(23(21)32)15-20(31)27-13-16-6-5-11-26-12-16/h5-12,22H,13-15H2,1-4H3,(H,27,31)(H,28,33). The van der Waals surface area contributed by atoms with Crippen LogP contribution in [0.1, 0.15) is 43.5 Å². The summed E-state index contributed by atoms with van der Waals surface area (Å²) < 4.78 is 0. The number of hydrogen-bond acceptors (Lipinski definition) is 4. The Morgan fingerprint density at radius 3 is 2.55 bits per heavy atom. The van der Waals surface area contributed by atoms with Crippen molar-refractivity contribution in [3.8, 4) is 0 Å². The summed E-state index contributed by atoms with van der Waals surface area (Å²) >= 11 is 0. The second kappa shape index (κ2) is 8.69. The molecule has 2 aliphatic heterocycles. The number of rotatable bonds is 5. The molecule has 2 aliphatic rings. The fourth-order valence-electron chi connectivity index (χ4n) is 4.11. The largest absolute Gasteiger partial charge is 0.350 e. The van der Waals surface area contributed by atoms with Crippen molar-refractivity contribution >= 4 is 17.8 Å². The van der Waals surface area contributed by atoms with Gasteiger partial charge in [-0.2, -0.15) is 0 Å². The maximum Gasteiger partial charge on any atom is 0.322 e. The maximum atomic E-state index is 13.3. The number of amides is 4. The third-order valence-corrected chi connectivity index (χ3v) is 6.09. The molecule has 0 fully saturated rings. The Hall–Kier alpha value is -3.68. The minimum absolute atomic E-state index is 0.00212. The highest BCUT2D eigenvalue weighted by Crippen LogP contribution is 2.36. The molecule has 0 saturated carbocycles. The van der Waals surface area contributed by atoms with Crippen LogP contribution in [0, 0.1) is 0 Å². The minimum Gasteiger partial charge on any atom is -0.350 e. The fourth-order valence-corrected chi connectivity index (χ4v) is 4.11. The van der Waals surface area contributed by atoms with Crippen molar-refractivity contribution in [1.82, 2.24) is 25.4 Å². The number of aromatic nitrogens is 1. The molecule has 0 spiro atoms. The monoisotopic (exact) mass is 447 g/mol. The quantitative estimate of drug-likeness (QED) is 0.736. The third-order valence-electron chi connectivity index (χ3n) is 6.09. The molecule has 1 aromatic carbocycles. The number of nitrogens with one attached hydrogen (secondary N) is 2. The van der Waals surface area contributed by atoms with E-state index in [4.69, 9.17) is 0 Å². The number of carbonyl (C=O) groups excluding carboxylic acids is 3. The normalized spacial score (nSPS) is 18.4. The molecule has 1 aromatic heterocycles. The van der Waals surface area contributed by atoms with Crippen LogP contribution in [0.3, 0.4) is 0 Å². The predicted octanol–water partition coefficient (Wildman–Crippen LogP) is 2.49. The molecule has 33 heavy (non-hydrogen) atoms. The van der Waals surface area contributed by atoms with E-state index >= 15 is 0 Å². The first-order chi connectivity index (χ1) is 15.6. The van der Waals surface area contributed by atoms with Gasteiger partial charge in [-0.1, -0.05) is 51.1 Å². The molecule has 4 amide bonds. The summed E-state index contributed by atoms with van der Waals surface area (Å²) in [6.07, 6.45) is 3.35. The van der Waals surface area contributed by atoms with E-state index in [1.165, 1.54) is 15.4 Å². The van der Waals surface area contributed by atoms with E-state index in [9.17, 15) is 14.4 Å². The van der Waals surface area contributed by atoms with Gasteiger partial charge in [0.15, 0.2) is 0 Å². The molecule has 2 aromatic rings. The molecule has 0 saturated heterocycles. The molecule has 0 aliphatic carbocycles. The van der Waals surface area contributed by atoms with Gasteiger partial charge < -0.3 is 15.5 Å². The molecule has 2 N–H and O–H groups in total. The SMILES string of the molecule is CN1C(=O)NC(c2ccc(C(C)(C)C)cc2)C2=C1CN(CC(=O)NCc1cccnc1)C2=O. The highest BCUT2D eigenvalue weighted by atomic mass is 16.2. The first-order valence-corrected chi connectivity index (χ1v) is 11.0. The van der Waals surface area contributed by atoms with E-state index in [2.05, 4.69) is 36.4 Å². The van der Waals surface area contributed by atoms with Crippen LogP contribution in [0.15, 0.2) is 60.1 Å². The van der Waals surface area contributed by atoms with Gasteiger partial charge in [0.25, 0.3) is 5.91 Å². The van der Waals surface area contributed by atoms with Crippen LogP contribution in [-0.4, -0.2) is 52.8 Å². The fraction of sp³-hybridized carbons (Fsp3) is 0.360. The summed E-state index contributed by atoms with van der Waals surface area (Å²) in [4.78, 5) is 45.4. The van der Waals surface area contributed by atoms with Crippen molar-refractivity contribution in [3.63, 3.8) is 0 Å². The summed E-state index contributed by atoms with van der Waals surface area (Å²) in [7, 11) is 1.64. The average Bonchev–Trinajstić information content (AvgIpc) is 3.11. The molecule has 1 unspecified atom stereocenters. The van der Waals surface area contributed by atoms with Gasteiger partial charge in [-0.3, -0.25) is 19.5 Å². The third kappa shape index (κ3) is 4.60. The van der Waals surface area contributed by atoms with Gasteiger partial charge in [0, 0.05) is 26.0 Å². The Morgan fingerprint density at radius 1 is 1.18 bits per heavy atom. The molecule has 4 rings (SSSR count). The number of carbonyl (C=O) groups is 3. The second-order valence-electron chi connectivity index (χ2n) is 9.47. The van der Waals surface area contributed by atoms with Crippen molar-refractivity contribution in [2.75, 3.05) is 20.1 Å². The summed E-state index contributed by atoms with van der Waals surface area (Å²) in [5.74, 6) is -0.502. The molecular formula is C25H29N5O3. The van der Waals surface area contributed by atoms with Crippen LogP contribution >= 0.6 is 0 Å². The Balaban J connectivity index is 1.50. The van der Waals surface area contributed by atoms with Crippen LogP contribution in [-0.2, 0) is 21.5 Å². The number of urea groups is 1. The molecule has 1 atom stereocenters. The van der Waals surface area contributed by atoms with Crippen LogP contribution in [0.2, 0.25) is 0 Å². The Morgan fingerprint density at radius 2 is 1.91 bits per heavy atom. The average molecular weight is 448 g/mol. The van der Waals surface area contributed by atoms with Crippen LogP contribution in [0.5, 0.6) is 0 Å². The zero-order chi connectivity index (χ0) is 23.8. The number of nitrogens with zero attached hydrogens (tertiary/aromatic N) is 3. The van der Waals surface area contributed by atoms with Crippen LogP contribution in [0.4, 0.5) is 4.79 Å². The number of pyridine rings is 1. The first-order valence-electron chi connectivity index (χ1n) is 11.0. The van der Waals surface area contributed by atoms with Crippen LogP contribution < -0.4 is 10.6 Å². The van der Waals surface area contributed by atoms with Gasteiger partial charge in [0.05, 0.1) is 23.9 Å². The first kappa shape index (κ1) is 22.5. The topological polar surface area (TPSA) is 94.6 Å². The molecule has 0 bridgehead atoms. The Labute approximate surface area is 193 Å². The van der Waals surface area contributed by atoms with E-state index < -0.39 is 6.04 Å². The summed E-state index contributed by atoms with van der Waals surface area (Å²) in [6.45, 7) is 6.89. The molecule has 8 nitrogen and oxygen atoms in total. The Kier molecular flexibility index (Phi) is 5.93. The number of benzene rings is 1. The number of hydrogen-bond donors (Lipinski definition) is 2. The Bertz CT molecular complexity index is 1100. The van der Waals surface area contributed by atoms with Gasteiger partial charge in [0.1, 0.15) is 6.54 Å². The zero-order valence-corrected chi connectivity index (χ0v) is 19.4. The second-order valence-corrected chi connectivity index (χ2v) is 9.47. The van der Waals surface area contributed by atoms with E-state index in [0.717, 1.165) is 11.1 Å². The van der Waals surface area contributed by atoms with Crippen molar-refractivity contribution < 1.29 is 14.4 Å². The summed E-state index contributed by atoms with van der Waals surface area (Å²) in [6, 6.07) is 10.8. The number of likely N-dealkylation sites (N-methyl/N-ethyl adjacent to an activating group) is 1. The van der Waals surface area contributed by atoms with Gasteiger partial charge >= 0.3 is 6.03 Å². The molecule has 3 heterocycles. The van der Waals surface area contributed by atoms with Crippen molar-refractivity contribution in [2.45, 2.75) is 38.8 Å². The van der Waals surface area contributed by atoms with E-state index in [0.29, 0.717) is 17.8 Å². The maximum absolute atomic E-state index is 13.3. The van der Waals surface area contributed by atoms with E-state index in [-0.39, 0.29) is 36.3 Å². The molecular weight excluding hydrogens is 418 g/mol. The highest BCUT2D eigenvalue weighted by molar-refractivity contribution is 6.02. The van der Waals surface area contributed by atoms with Crippen molar-refractivity contribution in [2.24, 2.45) is 0 Å². The lowest BCUT2D eigenvalue weighted by Crippen LogP contribution is -2.45. The predicted molar refractivity (Wildman–Crippen MR) is 124 cm³/mol. The van der Waals surface area contributed by atoms with E-state index in [1.807, 2.05) is 30.3 Å². The summed E-state index contributed by atoms with van der Waals surface area (Å²) in [5.41, 5.74) is 4.04. The summed E-state index contributed by atoms with van der Waals surface area (Å²) in [5, 5.41) is 5.76. The van der Waals surface area contributed by atoms with Crippen molar-refractivity contribution in [1.29, 1.82) is 0 Å².